The maximum Gasteiger partial charge on any atom is 0.269 e. The number of phenols is 3. The number of fused-ring (bicyclic) bond motifs is 8. The van der Waals surface area contributed by atoms with E-state index in [2.05, 4.69) is 65.3 Å². The molecule has 2 atom stereocenters. The lowest BCUT2D eigenvalue weighted by Crippen LogP contribution is -2.57. The summed E-state index contributed by atoms with van der Waals surface area (Å²) in [5.74, 6) is 3.70. The number of nitrogens with zero attached hydrogens (tertiary/aromatic N) is 11. The molecule has 30 heteroatoms. The molecule has 680 valence electrons. The Balaban J connectivity index is 0.000000120. The maximum absolute atomic E-state index is 13.8. The molecule has 5 saturated heterocycles. The number of nitriles is 1. The summed E-state index contributed by atoms with van der Waals surface area (Å²) in [4.78, 5) is 115. The quantitative estimate of drug-likeness (QED) is 0.0672. The van der Waals surface area contributed by atoms with Crippen LogP contribution >= 0.6 is 39.1 Å². The van der Waals surface area contributed by atoms with Gasteiger partial charge in [-0.3, -0.25) is 43.3 Å². The normalized spacial score (nSPS) is 17.5. The summed E-state index contributed by atoms with van der Waals surface area (Å²) in [5, 5.41) is 52.3. The van der Waals surface area contributed by atoms with Crippen molar-refractivity contribution in [2.45, 2.75) is 19.4 Å². The summed E-state index contributed by atoms with van der Waals surface area (Å²) >= 11 is 17.1. The first-order chi connectivity index (χ1) is 64.8. The van der Waals surface area contributed by atoms with E-state index in [1.165, 1.54) is 24.3 Å². The number of hydrogen-bond acceptors (Lipinski definition) is 19. The minimum absolute atomic E-state index is 0.0309. The Morgan fingerprint density at radius 3 is 1.26 bits per heavy atom. The monoisotopic (exact) mass is 1900 g/mol. The zero-order valence-electron chi connectivity index (χ0n) is 73.1. The van der Waals surface area contributed by atoms with E-state index < -0.39 is 6.10 Å². The van der Waals surface area contributed by atoms with Gasteiger partial charge in [-0.25, -0.2) is 0 Å². The van der Waals surface area contributed by atoms with E-state index in [1.807, 2.05) is 115 Å². The standard InChI is InChI=1S/C31H32ClN3O4.C26H21N3O4.C25H21BrN2O4.C22H18ClN3O4/c1-3-30(37)34-15-20(16-34)17-35-27-13-26(32)25(24-11-22(36)10-21-6-4-5-7-23(21)24)12-28(27)39-29(31(35)38)18-33-9-8-19(2)14-33;1-2-25(31)28-12-16(13-28)14-29-23-8-18(11-27)21(10-24(23)33-15-26(29)32)22-9-19(30)7-17-5-3-4-6-20(17)22;1-2-24(30)27-11-15(12-27)13-28-22-10-21(26)20(9-23(22)32-14-25(28)31)19-8-17(29)7-16-5-3-4-6-18(16)19;1-2-20(27)25-9-13(10-25)11-26-18-8-16(23)15(7-19(18)29-12-21(26)28)22-14-5-3-4-6-17(14)24-30-22/h3-7,10-13,19-20,29,36H,1,8-9,14-18H2,2H3;2-10,16,30H,1,12-15H2;2-10,15,29H,1,11-14H2;2-8,13H,1,9-12H2/t19-,29?;;;/m0.../s1. The second kappa shape index (κ2) is 38.0. The van der Waals surface area contributed by atoms with Crippen LogP contribution < -0.4 is 38.5 Å². The predicted molar refractivity (Wildman–Crippen MR) is 517 cm³/mol. The molecule has 11 aromatic carbocycles. The van der Waals surface area contributed by atoms with Crippen molar-refractivity contribution >= 4 is 152 Å². The molecule has 21 rings (SSSR count). The predicted octanol–water partition coefficient (Wildman–Crippen LogP) is 16.3. The van der Waals surface area contributed by atoms with Gasteiger partial charge in [0.2, 0.25) is 23.6 Å². The summed E-state index contributed by atoms with van der Waals surface area (Å²) in [6.45, 7) is 25.2. The van der Waals surface area contributed by atoms with Gasteiger partial charge in [0.05, 0.1) is 44.4 Å². The van der Waals surface area contributed by atoms with Gasteiger partial charge in [-0.1, -0.05) is 162 Å². The van der Waals surface area contributed by atoms with Crippen LogP contribution in [-0.2, 0) is 38.4 Å². The minimum Gasteiger partial charge on any atom is -0.508 e. The molecule has 0 saturated carbocycles. The van der Waals surface area contributed by atoms with Gasteiger partial charge < -0.3 is 78.0 Å². The van der Waals surface area contributed by atoms with Gasteiger partial charge in [-0.2, -0.15) is 5.26 Å². The number of aromatic hydroxyl groups is 3. The smallest absolute Gasteiger partial charge is 0.269 e. The molecule has 10 heterocycles. The molecule has 0 radical (unpaired) electrons. The number of benzene rings is 11. The first kappa shape index (κ1) is 90.1. The van der Waals surface area contributed by atoms with E-state index in [0.717, 1.165) is 95.0 Å². The average molecular weight is 1900 g/mol. The Bertz CT molecular complexity index is 6890. The molecule has 0 bridgehead atoms. The molecule has 5 fully saturated rings. The van der Waals surface area contributed by atoms with Crippen molar-refractivity contribution in [3.05, 3.63) is 253 Å². The van der Waals surface area contributed by atoms with Gasteiger partial charge >= 0.3 is 0 Å². The van der Waals surface area contributed by atoms with Crippen molar-refractivity contribution in [2.24, 2.45) is 29.6 Å². The zero-order valence-corrected chi connectivity index (χ0v) is 76.2. The third-order valence-corrected chi connectivity index (χ3v) is 27.1. The number of amides is 8. The number of aromatic nitrogens is 1. The number of hydrogen-bond donors (Lipinski definition) is 3. The number of likely N-dealkylation sites (tertiary alicyclic amines) is 5. The SMILES string of the molecule is C=CC(=O)N1CC(CN2C(=O)C(CN3CC[C@H](C)C3)Oc3cc(-c4cc(O)cc5ccccc45)c(Cl)cc32)C1.C=CC(=O)N1CC(CN2C(=O)COc3cc(-c4cc(O)cc5ccccc45)c(Br)cc32)C1.C=CC(=O)N1CC(CN2C(=O)COc3cc(-c4cc(O)cc5ccccc45)c(C#N)cc32)C1.C=CC(=O)N1CC(CN2C(=O)COc3cc(-c4onc5ccccc45)c(Cl)cc32)C1. The summed E-state index contributed by atoms with van der Waals surface area (Å²) in [6, 6.07) is 57.8. The number of carbonyl (C=O) groups is 8. The van der Waals surface area contributed by atoms with E-state index >= 15 is 0 Å². The Labute approximate surface area is 789 Å². The maximum atomic E-state index is 13.8. The van der Waals surface area contributed by atoms with E-state index in [4.69, 9.17) is 46.7 Å². The molecule has 12 aromatic rings. The third kappa shape index (κ3) is 18.1. The lowest BCUT2D eigenvalue weighted by molar-refractivity contribution is -0.133. The fourth-order valence-corrected chi connectivity index (χ4v) is 20.0. The number of anilines is 4. The topological polar surface area (TPSA) is 313 Å². The summed E-state index contributed by atoms with van der Waals surface area (Å²) in [6.07, 6.45) is 5.71. The molecular weight excluding hydrogens is 1810 g/mol. The molecule has 0 spiro atoms. The van der Waals surface area contributed by atoms with E-state index in [9.17, 15) is 58.9 Å². The Kier molecular flexibility index (Phi) is 25.5. The molecule has 1 unspecified atom stereocenters. The van der Waals surface area contributed by atoms with E-state index in [0.29, 0.717) is 169 Å². The van der Waals surface area contributed by atoms with Gasteiger partial charge in [-0.15, -0.1) is 0 Å². The van der Waals surface area contributed by atoms with Crippen LogP contribution in [0.25, 0.3) is 87.9 Å². The molecule has 0 aliphatic carbocycles. The fraction of sp³-hybridized carbons (Fsp3) is 0.250. The van der Waals surface area contributed by atoms with Crippen LogP contribution in [0.3, 0.4) is 0 Å². The van der Waals surface area contributed by atoms with Crippen molar-refractivity contribution in [1.29, 1.82) is 5.26 Å². The second-order valence-corrected chi connectivity index (χ2v) is 36.6. The van der Waals surface area contributed by atoms with Crippen molar-refractivity contribution in [3.8, 4) is 91.0 Å². The first-order valence-corrected chi connectivity index (χ1v) is 45.6. The third-order valence-electron chi connectivity index (χ3n) is 25.8. The van der Waals surface area contributed by atoms with Gasteiger partial charge in [-0.05, 0) is 189 Å². The second-order valence-electron chi connectivity index (χ2n) is 34.9. The van der Waals surface area contributed by atoms with Crippen LogP contribution in [0.5, 0.6) is 40.2 Å². The van der Waals surface area contributed by atoms with E-state index in [1.54, 1.807) is 106 Å². The van der Waals surface area contributed by atoms with Crippen molar-refractivity contribution in [1.82, 2.24) is 29.7 Å². The van der Waals surface area contributed by atoms with Crippen LogP contribution in [0.15, 0.2) is 242 Å². The van der Waals surface area contributed by atoms with Crippen molar-refractivity contribution < 1.29 is 77.1 Å². The largest absolute Gasteiger partial charge is 0.508 e. The van der Waals surface area contributed by atoms with Crippen molar-refractivity contribution in [3.63, 3.8) is 0 Å². The zero-order chi connectivity index (χ0) is 93.6. The van der Waals surface area contributed by atoms with Crippen LogP contribution in [0.4, 0.5) is 22.7 Å². The Hall–Kier alpha value is -14.5. The van der Waals surface area contributed by atoms with E-state index in [-0.39, 0.29) is 108 Å². The summed E-state index contributed by atoms with van der Waals surface area (Å²) in [5.41, 5.74) is 8.91. The number of ether oxygens (including phenoxy) is 4. The van der Waals surface area contributed by atoms with Crippen LogP contribution in [0.1, 0.15) is 18.9 Å². The highest BCUT2D eigenvalue weighted by Crippen LogP contribution is 2.50. The summed E-state index contributed by atoms with van der Waals surface area (Å²) in [7, 11) is 0. The highest BCUT2D eigenvalue weighted by atomic mass is 79.9. The molecule has 9 aliphatic heterocycles. The average Bonchev–Trinajstić information content (AvgIpc) is 1.60. The number of halogens is 3. The highest BCUT2D eigenvalue weighted by Gasteiger charge is 2.44. The number of phenolic OH excluding ortho intramolecular Hbond substituents is 3. The van der Waals surface area contributed by atoms with Gasteiger partial charge in [0.1, 0.15) is 45.8 Å². The number of carbonyl (C=O) groups excluding carboxylic acids is 8. The molecule has 1 aromatic heterocycles. The molecular formula is C104H92BrCl2N11O16. The van der Waals surface area contributed by atoms with Crippen LogP contribution in [0.2, 0.25) is 10.0 Å². The molecule has 134 heavy (non-hydrogen) atoms. The molecule has 8 amide bonds. The summed E-state index contributed by atoms with van der Waals surface area (Å²) < 4.78 is 30.0. The molecule has 9 aliphatic rings. The lowest BCUT2D eigenvalue weighted by atomic mass is 9.93. The molecule has 27 nitrogen and oxygen atoms in total. The lowest BCUT2D eigenvalue weighted by Gasteiger charge is -2.43. The van der Waals surface area contributed by atoms with Gasteiger partial charge in [0.15, 0.2) is 31.7 Å². The van der Waals surface area contributed by atoms with Gasteiger partial charge in [0.25, 0.3) is 23.6 Å². The Morgan fingerprint density at radius 1 is 0.448 bits per heavy atom. The minimum atomic E-state index is -0.635. The van der Waals surface area contributed by atoms with Crippen LogP contribution in [0, 0.1) is 40.9 Å². The fourth-order valence-electron chi connectivity index (χ4n) is 18.9. The molecule has 3 N–H and O–H groups in total. The van der Waals surface area contributed by atoms with Gasteiger partial charge in [0, 0.05) is 147 Å². The number of rotatable bonds is 18. The Morgan fingerprint density at radius 2 is 0.821 bits per heavy atom. The van der Waals surface area contributed by atoms with Crippen LogP contribution in [-0.4, -0.2) is 216 Å². The highest BCUT2D eigenvalue weighted by molar-refractivity contribution is 9.10. The van der Waals surface area contributed by atoms with Crippen molar-refractivity contribution in [2.75, 3.05) is 138 Å². The first-order valence-electron chi connectivity index (χ1n) is 44.0.